The predicted octanol–water partition coefficient (Wildman–Crippen LogP) is 2.17. The van der Waals surface area contributed by atoms with Gasteiger partial charge in [0.2, 0.25) is 10.0 Å². The number of nitrogens with one attached hydrogen (secondary N) is 1. The fourth-order valence-electron chi connectivity index (χ4n) is 3.20. The highest BCUT2D eigenvalue weighted by atomic mass is 32.2. The van der Waals surface area contributed by atoms with Crippen LogP contribution in [0.5, 0.6) is 0 Å². The molecular formula is C18H23N3O3S. The summed E-state index contributed by atoms with van der Waals surface area (Å²) < 4.78 is 27.0. The van der Waals surface area contributed by atoms with Gasteiger partial charge in [0, 0.05) is 37.6 Å². The van der Waals surface area contributed by atoms with Crippen molar-refractivity contribution in [3.8, 4) is 0 Å². The van der Waals surface area contributed by atoms with Crippen LogP contribution in [-0.4, -0.2) is 54.7 Å². The van der Waals surface area contributed by atoms with Crippen molar-refractivity contribution in [2.24, 2.45) is 0 Å². The molecule has 0 unspecified atom stereocenters. The van der Waals surface area contributed by atoms with Crippen molar-refractivity contribution in [1.82, 2.24) is 14.2 Å². The molecule has 1 aliphatic rings. The summed E-state index contributed by atoms with van der Waals surface area (Å²) in [4.78, 5) is 17.9. The van der Waals surface area contributed by atoms with Crippen LogP contribution in [-0.2, 0) is 10.0 Å². The molecule has 1 aromatic heterocycles. The number of aryl methyl sites for hydroxylation is 2. The van der Waals surface area contributed by atoms with Crippen LogP contribution in [0.3, 0.4) is 0 Å². The predicted molar refractivity (Wildman–Crippen MR) is 96.0 cm³/mol. The Balaban J connectivity index is 1.74. The van der Waals surface area contributed by atoms with Gasteiger partial charge in [-0.3, -0.25) is 4.79 Å². The lowest BCUT2D eigenvalue weighted by atomic mass is 10.2. The third kappa shape index (κ3) is 3.62. The van der Waals surface area contributed by atoms with Crippen molar-refractivity contribution in [2.75, 3.05) is 26.2 Å². The minimum absolute atomic E-state index is 0.0409. The third-order valence-electron chi connectivity index (χ3n) is 4.50. The topological polar surface area (TPSA) is 73.5 Å². The first-order valence-corrected chi connectivity index (χ1v) is 9.84. The van der Waals surface area contributed by atoms with E-state index in [4.69, 9.17) is 0 Å². The maximum Gasteiger partial charge on any atom is 0.255 e. The van der Waals surface area contributed by atoms with Crippen molar-refractivity contribution in [2.45, 2.75) is 25.2 Å². The number of sulfonamides is 1. The Morgan fingerprint density at radius 3 is 2.40 bits per heavy atom. The Morgan fingerprint density at radius 1 is 1.04 bits per heavy atom. The third-order valence-corrected chi connectivity index (χ3v) is 6.42. The summed E-state index contributed by atoms with van der Waals surface area (Å²) in [6.07, 6.45) is 0.625. The molecule has 0 saturated carbocycles. The first kappa shape index (κ1) is 17.7. The van der Waals surface area contributed by atoms with E-state index in [1.165, 1.54) is 4.31 Å². The van der Waals surface area contributed by atoms with Crippen LogP contribution in [0.2, 0.25) is 0 Å². The molecule has 7 heteroatoms. The lowest BCUT2D eigenvalue weighted by molar-refractivity contribution is 0.0763. The van der Waals surface area contributed by atoms with E-state index in [9.17, 15) is 13.2 Å². The molecule has 1 N–H and O–H groups in total. The molecule has 0 spiro atoms. The molecule has 1 aliphatic heterocycles. The van der Waals surface area contributed by atoms with Crippen LogP contribution in [0.15, 0.2) is 41.3 Å². The van der Waals surface area contributed by atoms with E-state index in [1.54, 1.807) is 35.2 Å². The maximum absolute atomic E-state index is 12.8. The molecule has 0 radical (unpaired) electrons. The second kappa shape index (κ2) is 7.01. The van der Waals surface area contributed by atoms with E-state index in [1.807, 2.05) is 19.9 Å². The van der Waals surface area contributed by atoms with E-state index in [2.05, 4.69) is 4.98 Å². The van der Waals surface area contributed by atoms with Gasteiger partial charge in [-0.15, -0.1) is 0 Å². The second-order valence-electron chi connectivity index (χ2n) is 6.35. The molecule has 25 heavy (non-hydrogen) atoms. The molecule has 1 saturated heterocycles. The molecule has 6 nitrogen and oxygen atoms in total. The monoisotopic (exact) mass is 361 g/mol. The lowest BCUT2D eigenvalue weighted by Gasteiger charge is -2.22. The number of hydrogen-bond donors (Lipinski definition) is 1. The minimum Gasteiger partial charge on any atom is -0.362 e. The van der Waals surface area contributed by atoms with Gasteiger partial charge in [-0.05, 0) is 38.5 Å². The summed E-state index contributed by atoms with van der Waals surface area (Å²) in [6.45, 7) is 5.49. The zero-order chi connectivity index (χ0) is 18.0. The Hall–Kier alpha value is -2.12. The van der Waals surface area contributed by atoms with E-state index >= 15 is 0 Å². The van der Waals surface area contributed by atoms with E-state index in [0.29, 0.717) is 43.1 Å². The highest BCUT2D eigenvalue weighted by Crippen LogP contribution is 2.19. The van der Waals surface area contributed by atoms with Crippen LogP contribution in [0.4, 0.5) is 0 Å². The normalized spacial score (nSPS) is 16.6. The number of carbonyl (C=O) groups excluding carboxylic acids is 1. The number of hydrogen-bond acceptors (Lipinski definition) is 3. The average molecular weight is 361 g/mol. The van der Waals surface area contributed by atoms with E-state index < -0.39 is 10.0 Å². The first-order chi connectivity index (χ1) is 11.9. The standard InChI is InChI=1S/C18H23N3O3S/c1-14-13-17(15(2)19-14)18(22)20-9-6-10-21(12-11-20)25(23,24)16-7-4-3-5-8-16/h3-5,7-8,13,19H,6,9-12H2,1-2H3. The van der Waals surface area contributed by atoms with Gasteiger partial charge in [0.1, 0.15) is 0 Å². The van der Waals surface area contributed by atoms with Crippen molar-refractivity contribution in [3.63, 3.8) is 0 Å². The van der Waals surface area contributed by atoms with E-state index in [-0.39, 0.29) is 5.91 Å². The summed E-state index contributed by atoms with van der Waals surface area (Å²) in [5, 5.41) is 0. The van der Waals surface area contributed by atoms with Crippen molar-refractivity contribution in [3.05, 3.63) is 53.3 Å². The fourth-order valence-corrected chi connectivity index (χ4v) is 4.69. The van der Waals surface area contributed by atoms with Crippen LogP contribution < -0.4 is 0 Å². The van der Waals surface area contributed by atoms with Crippen molar-refractivity contribution < 1.29 is 13.2 Å². The lowest BCUT2D eigenvalue weighted by Crippen LogP contribution is -2.37. The second-order valence-corrected chi connectivity index (χ2v) is 8.29. The Labute approximate surface area is 148 Å². The van der Waals surface area contributed by atoms with Gasteiger partial charge in [-0.2, -0.15) is 4.31 Å². The van der Waals surface area contributed by atoms with Gasteiger partial charge in [0.25, 0.3) is 5.91 Å². The SMILES string of the molecule is Cc1cc(C(=O)N2CCCN(S(=O)(=O)c3ccccc3)CC2)c(C)[nH]1. The first-order valence-electron chi connectivity index (χ1n) is 8.40. The molecule has 134 valence electrons. The molecule has 2 heterocycles. The number of nitrogens with zero attached hydrogens (tertiary/aromatic N) is 2. The van der Waals surface area contributed by atoms with Gasteiger partial charge < -0.3 is 9.88 Å². The van der Waals surface area contributed by atoms with Crippen LogP contribution in [0.25, 0.3) is 0 Å². The highest BCUT2D eigenvalue weighted by Gasteiger charge is 2.29. The van der Waals surface area contributed by atoms with Crippen molar-refractivity contribution >= 4 is 15.9 Å². The van der Waals surface area contributed by atoms with Crippen LogP contribution >= 0.6 is 0 Å². The summed E-state index contributed by atoms with van der Waals surface area (Å²) >= 11 is 0. The minimum atomic E-state index is -3.51. The maximum atomic E-state index is 12.8. The summed E-state index contributed by atoms with van der Waals surface area (Å²) in [5.74, 6) is -0.0409. The van der Waals surface area contributed by atoms with Gasteiger partial charge in [0.15, 0.2) is 0 Å². The van der Waals surface area contributed by atoms with Crippen LogP contribution in [0, 0.1) is 13.8 Å². The molecule has 3 rings (SSSR count). The quantitative estimate of drug-likeness (QED) is 0.910. The highest BCUT2D eigenvalue weighted by molar-refractivity contribution is 7.89. The Kier molecular flexibility index (Phi) is 4.96. The molecule has 2 aromatic rings. The largest absolute Gasteiger partial charge is 0.362 e. The smallest absolute Gasteiger partial charge is 0.255 e. The number of benzene rings is 1. The number of aromatic amines is 1. The van der Waals surface area contributed by atoms with Gasteiger partial charge in [-0.1, -0.05) is 18.2 Å². The molecule has 0 bridgehead atoms. The number of H-pyrrole nitrogens is 1. The molecule has 0 atom stereocenters. The molecule has 1 amide bonds. The Morgan fingerprint density at radius 2 is 1.76 bits per heavy atom. The zero-order valence-electron chi connectivity index (χ0n) is 14.5. The summed E-state index contributed by atoms with van der Waals surface area (Å²) in [6, 6.07) is 10.3. The molecule has 1 fully saturated rings. The number of rotatable bonds is 3. The van der Waals surface area contributed by atoms with Crippen molar-refractivity contribution in [1.29, 1.82) is 0 Å². The fraction of sp³-hybridized carbons (Fsp3) is 0.389. The number of amides is 1. The summed E-state index contributed by atoms with van der Waals surface area (Å²) in [5.41, 5.74) is 2.46. The van der Waals surface area contributed by atoms with Gasteiger partial charge in [0.05, 0.1) is 10.5 Å². The number of carbonyl (C=O) groups is 1. The Bertz CT molecular complexity index is 859. The molecule has 0 aliphatic carbocycles. The molecular weight excluding hydrogens is 338 g/mol. The van der Waals surface area contributed by atoms with Gasteiger partial charge in [-0.25, -0.2) is 8.42 Å². The van der Waals surface area contributed by atoms with E-state index in [0.717, 1.165) is 11.4 Å². The average Bonchev–Trinajstić information content (AvgIpc) is 2.79. The van der Waals surface area contributed by atoms with Gasteiger partial charge >= 0.3 is 0 Å². The number of aromatic nitrogens is 1. The van der Waals surface area contributed by atoms with Crippen LogP contribution in [0.1, 0.15) is 28.2 Å². The summed E-state index contributed by atoms with van der Waals surface area (Å²) in [7, 11) is -3.51. The molecule has 1 aromatic carbocycles. The zero-order valence-corrected chi connectivity index (χ0v) is 15.3.